The number of imidazole rings is 1. The Morgan fingerprint density at radius 2 is 1.78 bits per heavy atom. The second kappa shape index (κ2) is 4.46. The van der Waals surface area contributed by atoms with Crippen molar-refractivity contribution in [1.29, 1.82) is 0 Å². The maximum Gasteiger partial charge on any atom is 0.204 e. The molecule has 3 aromatic rings. The fourth-order valence-electron chi connectivity index (χ4n) is 2.15. The quantitative estimate of drug-likeness (QED) is 0.676. The van der Waals surface area contributed by atoms with E-state index in [1.165, 1.54) is 11.1 Å². The lowest BCUT2D eigenvalue weighted by Crippen LogP contribution is -2.01. The monoisotopic (exact) mass is 256 g/mol. The van der Waals surface area contributed by atoms with Gasteiger partial charge in [-0.3, -0.25) is 0 Å². The van der Waals surface area contributed by atoms with Gasteiger partial charge in [0.1, 0.15) is 0 Å². The molecule has 3 rings (SSSR count). The van der Waals surface area contributed by atoms with Gasteiger partial charge in [0, 0.05) is 0 Å². The van der Waals surface area contributed by atoms with Crippen LogP contribution < -0.4 is 0 Å². The third-order valence-electron chi connectivity index (χ3n) is 3.20. The van der Waals surface area contributed by atoms with Crippen molar-refractivity contribution in [2.24, 2.45) is 0 Å². The summed E-state index contributed by atoms with van der Waals surface area (Å²) in [6, 6.07) is 16.4. The Bertz CT molecular complexity index is 701. The highest BCUT2D eigenvalue weighted by atomic mass is 35.5. The fourth-order valence-corrected chi connectivity index (χ4v) is 2.40. The summed E-state index contributed by atoms with van der Waals surface area (Å²) in [6.45, 7) is 2.87. The number of benzene rings is 2. The summed E-state index contributed by atoms with van der Waals surface area (Å²) in [4.78, 5) is 4.37. The van der Waals surface area contributed by atoms with Crippen LogP contribution in [0.1, 0.15) is 11.1 Å². The van der Waals surface area contributed by atoms with Gasteiger partial charge in [0.05, 0.1) is 17.6 Å². The lowest BCUT2D eigenvalue weighted by molar-refractivity contribution is 0.820. The van der Waals surface area contributed by atoms with Crippen molar-refractivity contribution in [3.05, 3.63) is 64.9 Å². The highest BCUT2D eigenvalue weighted by Crippen LogP contribution is 2.21. The Morgan fingerprint density at radius 1 is 1.06 bits per heavy atom. The van der Waals surface area contributed by atoms with Crippen molar-refractivity contribution < 1.29 is 0 Å². The zero-order chi connectivity index (χ0) is 12.5. The molecule has 0 spiro atoms. The van der Waals surface area contributed by atoms with E-state index in [1.807, 2.05) is 34.9 Å². The molecule has 0 radical (unpaired) electrons. The molecule has 0 aliphatic rings. The molecular formula is C15H13ClN2. The van der Waals surface area contributed by atoms with Crippen LogP contribution in [0.2, 0.25) is 5.28 Å². The molecule has 0 amide bonds. The Kier molecular flexibility index (Phi) is 2.80. The second-order valence-electron chi connectivity index (χ2n) is 4.38. The van der Waals surface area contributed by atoms with Crippen LogP contribution in [-0.2, 0) is 6.54 Å². The van der Waals surface area contributed by atoms with Crippen molar-refractivity contribution in [1.82, 2.24) is 9.55 Å². The number of para-hydroxylation sites is 2. The lowest BCUT2D eigenvalue weighted by Gasteiger charge is -2.08. The zero-order valence-electron chi connectivity index (χ0n) is 10.1. The standard InChI is InChI=1S/C15H13ClN2/c1-11-6-2-3-7-12(11)10-18-14-9-5-4-8-13(14)17-15(18)16/h2-9H,10H2,1H3. The number of aryl methyl sites for hydroxylation is 1. The Hall–Kier alpha value is -1.80. The Balaban J connectivity index is 2.10. The van der Waals surface area contributed by atoms with Crippen molar-refractivity contribution in [2.75, 3.05) is 0 Å². The summed E-state index contributed by atoms with van der Waals surface area (Å²) < 4.78 is 2.04. The number of hydrogen-bond donors (Lipinski definition) is 0. The Labute approximate surface area is 111 Å². The smallest absolute Gasteiger partial charge is 0.204 e. The van der Waals surface area contributed by atoms with Crippen LogP contribution in [0.4, 0.5) is 0 Å². The van der Waals surface area contributed by atoms with Gasteiger partial charge in [0.25, 0.3) is 0 Å². The summed E-state index contributed by atoms with van der Waals surface area (Å²) in [5, 5.41) is 0.541. The molecule has 1 heterocycles. The third-order valence-corrected chi connectivity index (χ3v) is 3.49. The summed E-state index contributed by atoms with van der Waals surface area (Å²) in [6.07, 6.45) is 0. The van der Waals surface area contributed by atoms with Crippen molar-refractivity contribution in [3.63, 3.8) is 0 Å². The number of fused-ring (bicyclic) bond motifs is 1. The van der Waals surface area contributed by atoms with Crippen LogP contribution in [0.25, 0.3) is 11.0 Å². The van der Waals surface area contributed by atoms with Crippen LogP contribution >= 0.6 is 11.6 Å². The largest absolute Gasteiger partial charge is 0.310 e. The molecule has 0 aliphatic heterocycles. The van der Waals surface area contributed by atoms with E-state index in [4.69, 9.17) is 11.6 Å². The minimum Gasteiger partial charge on any atom is -0.310 e. The maximum absolute atomic E-state index is 6.22. The molecule has 90 valence electrons. The molecule has 0 unspecified atom stereocenters. The highest BCUT2D eigenvalue weighted by molar-refractivity contribution is 6.29. The minimum atomic E-state index is 0.541. The van der Waals surface area contributed by atoms with Gasteiger partial charge in [-0.15, -0.1) is 0 Å². The lowest BCUT2D eigenvalue weighted by atomic mass is 10.1. The molecule has 0 aliphatic carbocycles. The highest BCUT2D eigenvalue weighted by Gasteiger charge is 2.09. The summed E-state index contributed by atoms with van der Waals surface area (Å²) in [7, 11) is 0. The van der Waals surface area contributed by atoms with E-state index < -0.39 is 0 Å². The van der Waals surface area contributed by atoms with Crippen LogP contribution in [0.15, 0.2) is 48.5 Å². The average Bonchev–Trinajstić information content (AvgIpc) is 2.69. The van der Waals surface area contributed by atoms with Gasteiger partial charge in [0.2, 0.25) is 5.28 Å². The molecule has 2 nitrogen and oxygen atoms in total. The van der Waals surface area contributed by atoms with Crippen LogP contribution in [0.3, 0.4) is 0 Å². The molecule has 18 heavy (non-hydrogen) atoms. The van der Waals surface area contributed by atoms with Crippen molar-refractivity contribution in [3.8, 4) is 0 Å². The fraction of sp³-hybridized carbons (Fsp3) is 0.133. The van der Waals surface area contributed by atoms with Gasteiger partial charge in [-0.05, 0) is 41.8 Å². The molecule has 2 aromatic carbocycles. The summed E-state index contributed by atoms with van der Waals surface area (Å²) in [5.41, 5.74) is 4.55. The van der Waals surface area contributed by atoms with Gasteiger partial charge in [-0.25, -0.2) is 4.98 Å². The van der Waals surface area contributed by atoms with Crippen LogP contribution in [-0.4, -0.2) is 9.55 Å². The van der Waals surface area contributed by atoms with Crippen LogP contribution in [0, 0.1) is 6.92 Å². The number of hydrogen-bond acceptors (Lipinski definition) is 1. The van der Waals surface area contributed by atoms with Gasteiger partial charge in [0.15, 0.2) is 0 Å². The molecule has 0 N–H and O–H groups in total. The predicted molar refractivity (Wildman–Crippen MR) is 75.0 cm³/mol. The average molecular weight is 257 g/mol. The molecular weight excluding hydrogens is 244 g/mol. The van der Waals surface area contributed by atoms with Gasteiger partial charge in [-0.1, -0.05) is 36.4 Å². The second-order valence-corrected chi connectivity index (χ2v) is 4.72. The first-order valence-electron chi connectivity index (χ1n) is 5.91. The molecule has 0 saturated heterocycles. The molecule has 1 aromatic heterocycles. The van der Waals surface area contributed by atoms with E-state index in [1.54, 1.807) is 0 Å². The topological polar surface area (TPSA) is 17.8 Å². The van der Waals surface area contributed by atoms with E-state index >= 15 is 0 Å². The van der Waals surface area contributed by atoms with Crippen molar-refractivity contribution >= 4 is 22.6 Å². The van der Waals surface area contributed by atoms with Crippen LogP contribution in [0.5, 0.6) is 0 Å². The Morgan fingerprint density at radius 3 is 2.61 bits per heavy atom. The number of halogens is 1. The zero-order valence-corrected chi connectivity index (χ0v) is 10.9. The van der Waals surface area contributed by atoms with Gasteiger partial charge < -0.3 is 4.57 Å². The first kappa shape index (κ1) is 11.3. The maximum atomic E-state index is 6.22. The molecule has 3 heteroatoms. The van der Waals surface area contributed by atoms with E-state index in [0.717, 1.165) is 17.6 Å². The van der Waals surface area contributed by atoms with Gasteiger partial charge >= 0.3 is 0 Å². The minimum absolute atomic E-state index is 0.541. The summed E-state index contributed by atoms with van der Waals surface area (Å²) >= 11 is 6.22. The van der Waals surface area contributed by atoms with E-state index in [-0.39, 0.29) is 0 Å². The van der Waals surface area contributed by atoms with Crippen molar-refractivity contribution in [2.45, 2.75) is 13.5 Å². The first-order chi connectivity index (χ1) is 8.75. The molecule has 0 fully saturated rings. The summed E-state index contributed by atoms with van der Waals surface area (Å²) in [5.74, 6) is 0. The van der Waals surface area contributed by atoms with Gasteiger partial charge in [-0.2, -0.15) is 0 Å². The number of aromatic nitrogens is 2. The molecule has 0 atom stereocenters. The van der Waals surface area contributed by atoms with E-state index in [2.05, 4.69) is 30.1 Å². The molecule has 0 saturated carbocycles. The predicted octanol–water partition coefficient (Wildman–Crippen LogP) is 4.05. The number of nitrogens with zero attached hydrogens (tertiary/aromatic N) is 2. The molecule has 0 bridgehead atoms. The SMILES string of the molecule is Cc1ccccc1Cn1c(Cl)nc2ccccc21. The van der Waals surface area contributed by atoms with E-state index in [0.29, 0.717) is 5.28 Å². The number of rotatable bonds is 2. The first-order valence-corrected chi connectivity index (χ1v) is 6.29. The third kappa shape index (κ3) is 1.89. The van der Waals surface area contributed by atoms with E-state index in [9.17, 15) is 0 Å². The normalized spacial score (nSPS) is 11.0.